The number of likely N-dealkylation sites (tertiary alicyclic amines) is 1. The van der Waals surface area contributed by atoms with Crippen LogP contribution < -0.4 is 9.64 Å². The second kappa shape index (κ2) is 5.97. The summed E-state index contributed by atoms with van der Waals surface area (Å²) in [5.41, 5.74) is 3.09. The predicted molar refractivity (Wildman–Crippen MR) is 102 cm³/mol. The van der Waals surface area contributed by atoms with E-state index in [1.54, 1.807) is 7.11 Å². The second-order valence-corrected chi connectivity index (χ2v) is 7.52. The van der Waals surface area contributed by atoms with Gasteiger partial charge in [-0.2, -0.15) is 15.0 Å². The van der Waals surface area contributed by atoms with Crippen molar-refractivity contribution in [3.63, 3.8) is 0 Å². The Morgan fingerprint density at radius 3 is 2.22 bits per heavy atom. The molecule has 7 nitrogen and oxygen atoms in total. The van der Waals surface area contributed by atoms with Gasteiger partial charge in [0.15, 0.2) is 0 Å². The summed E-state index contributed by atoms with van der Waals surface area (Å²) < 4.78 is 5.21. The minimum Gasteiger partial charge on any atom is -0.497 e. The lowest BCUT2D eigenvalue weighted by Crippen LogP contribution is -2.73. The van der Waals surface area contributed by atoms with Gasteiger partial charge >= 0.3 is 0 Å². The van der Waals surface area contributed by atoms with Crippen molar-refractivity contribution >= 4 is 22.6 Å². The maximum absolute atomic E-state index is 12.5. The molecule has 3 aromatic rings. The van der Waals surface area contributed by atoms with E-state index in [0.717, 1.165) is 43.0 Å². The Kier molecular flexibility index (Phi) is 3.56. The van der Waals surface area contributed by atoms with Crippen molar-refractivity contribution in [2.45, 2.75) is 6.54 Å². The molecule has 0 atom stereocenters. The van der Waals surface area contributed by atoms with E-state index in [9.17, 15) is 4.79 Å². The second-order valence-electron chi connectivity index (χ2n) is 7.52. The Bertz CT molecular complexity index is 950. The van der Waals surface area contributed by atoms with Crippen LogP contribution in [-0.2, 0) is 11.3 Å². The van der Waals surface area contributed by atoms with Crippen molar-refractivity contribution in [1.29, 1.82) is 0 Å². The summed E-state index contributed by atoms with van der Waals surface area (Å²) in [4.78, 5) is 18.3. The molecule has 0 unspecified atom stereocenters. The summed E-state index contributed by atoms with van der Waals surface area (Å²) in [6, 6.07) is 15.8. The number of methoxy groups -OCH3 is 1. The molecule has 1 aromatic heterocycles. The summed E-state index contributed by atoms with van der Waals surface area (Å²) >= 11 is 0. The van der Waals surface area contributed by atoms with Crippen LogP contribution in [0.4, 0.5) is 5.69 Å². The van der Waals surface area contributed by atoms with Gasteiger partial charge in [0.05, 0.1) is 7.11 Å². The van der Waals surface area contributed by atoms with Crippen molar-refractivity contribution in [3.8, 4) is 5.75 Å². The molecular formula is C20H21N5O2. The number of benzene rings is 2. The van der Waals surface area contributed by atoms with Gasteiger partial charge in [0.2, 0.25) is 5.91 Å². The first-order valence-electron chi connectivity index (χ1n) is 9.11. The van der Waals surface area contributed by atoms with E-state index < -0.39 is 0 Å². The third kappa shape index (κ3) is 2.79. The number of anilines is 1. The van der Waals surface area contributed by atoms with Gasteiger partial charge in [0.25, 0.3) is 0 Å². The van der Waals surface area contributed by atoms with Gasteiger partial charge in [-0.1, -0.05) is 12.1 Å². The van der Waals surface area contributed by atoms with Crippen LogP contribution in [0.5, 0.6) is 5.75 Å². The van der Waals surface area contributed by atoms with Gasteiger partial charge < -0.3 is 14.5 Å². The van der Waals surface area contributed by atoms with Crippen LogP contribution in [0.1, 0.15) is 0 Å². The molecule has 0 N–H and O–H groups in total. The summed E-state index contributed by atoms with van der Waals surface area (Å²) in [6.07, 6.45) is 0. The number of fused-ring (bicyclic) bond motifs is 1. The highest BCUT2D eigenvalue weighted by molar-refractivity contribution is 5.78. The third-order valence-electron chi connectivity index (χ3n) is 5.50. The molecule has 0 radical (unpaired) electrons. The monoisotopic (exact) mass is 363 g/mol. The number of rotatable bonds is 4. The number of amides is 1. The van der Waals surface area contributed by atoms with E-state index in [2.05, 4.69) is 27.2 Å². The Balaban J connectivity index is 1.15. The van der Waals surface area contributed by atoms with Crippen molar-refractivity contribution in [1.82, 2.24) is 19.9 Å². The van der Waals surface area contributed by atoms with E-state index in [1.807, 2.05) is 41.3 Å². The van der Waals surface area contributed by atoms with Crippen LogP contribution in [0, 0.1) is 5.41 Å². The third-order valence-corrected chi connectivity index (χ3v) is 5.50. The zero-order valence-electron chi connectivity index (χ0n) is 15.2. The molecule has 5 rings (SSSR count). The van der Waals surface area contributed by atoms with Crippen molar-refractivity contribution < 1.29 is 9.53 Å². The Morgan fingerprint density at radius 2 is 1.63 bits per heavy atom. The lowest BCUT2D eigenvalue weighted by molar-refractivity contribution is -0.146. The fourth-order valence-corrected chi connectivity index (χ4v) is 4.07. The predicted octanol–water partition coefficient (Wildman–Crippen LogP) is 1.79. The minimum absolute atomic E-state index is 0.0869. The Labute approximate surface area is 157 Å². The minimum atomic E-state index is 0.0869. The molecule has 1 amide bonds. The van der Waals surface area contributed by atoms with Crippen LogP contribution in [0.2, 0.25) is 0 Å². The number of carbonyl (C=O) groups excluding carboxylic acids is 1. The van der Waals surface area contributed by atoms with Gasteiger partial charge in [-0.3, -0.25) is 4.79 Å². The highest BCUT2D eigenvalue weighted by atomic mass is 16.5. The summed E-state index contributed by atoms with van der Waals surface area (Å²) in [5, 5.41) is 8.74. The van der Waals surface area contributed by atoms with E-state index in [0.29, 0.717) is 0 Å². The fraction of sp³-hybridized carbons (Fsp3) is 0.350. The van der Waals surface area contributed by atoms with Crippen LogP contribution >= 0.6 is 0 Å². The van der Waals surface area contributed by atoms with Crippen LogP contribution in [0.15, 0.2) is 48.5 Å². The van der Waals surface area contributed by atoms with Gasteiger partial charge in [-0.15, -0.1) is 0 Å². The zero-order chi connectivity index (χ0) is 18.4. The van der Waals surface area contributed by atoms with E-state index in [4.69, 9.17) is 4.74 Å². The molecule has 2 aromatic carbocycles. The number of ether oxygens (including phenoxy) is 1. The molecule has 0 bridgehead atoms. The molecule has 2 fully saturated rings. The summed E-state index contributed by atoms with van der Waals surface area (Å²) in [5.74, 6) is 0.957. The van der Waals surface area contributed by atoms with Gasteiger partial charge in [0, 0.05) is 37.3 Å². The lowest BCUT2D eigenvalue weighted by Gasteiger charge is -2.60. The number of nitrogens with zero attached hydrogens (tertiary/aromatic N) is 5. The van der Waals surface area contributed by atoms with E-state index >= 15 is 0 Å². The molecule has 0 saturated carbocycles. The van der Waals surface area contributed by atoms with Crippen LogP contribution in [0.3, 0.4) is 0 Å². The summed E-state index contributed by atoms with van der Waals surface area (Å²) in [7, 11) is 1.68. The highest BCUT2D eigenvalue weighted by Gasteiger charge is 2.53. The normalized spacial score (nSPS) is 17.7. The molecule has 27 heavy (non-hydrogen) atoms. The molecule has 3 heterocycles. The SMILES string of the molecule is COc1ccc(N2CC3(CN(C(=O)Cn4nc5ccccc5n4)C3)C2)cc1. The first kappa shape index (κ1) is 16.1. The highest BCUT2D eigenvalue weighted by Crippen LogP contribution is 2.42. The largest absolute Gasteiger partial charge is 0.497 e. The molecule has 2 aliphatic rings. The van der Waals surface area contributed by atoms with Crippen LogP contribution in [-0.4, -0.2) is 59.1 Å². The zero-order valence-corrected chi connectivity index (χ0v) is 15.2. The molecular weight excluding hydrogens is 342 g/mol. The number of carbonyl (C=O) groups is 1. The van der Waals surface area contributed by atoms with E-state index in [1.165, 1.54) is 10.5 Å². The summed E-state index contributed by atoms with van der Waals surface area (Å²) in [6.45, 7) is 3.82. The number of aromatic nitrogens is 3. The standard InChI is InChI=1S/C20H21N5O2/c1-27-16-8-6-15(7-9-16)23-11-20(12-23)13-24(14-20)19(26)10-25-21-17-4-2-3-5-18(17)22-25/h2-9H,10-14H2,1H3. The lowest BCUT2D eigenvalue weighted by atomic mass is 9.72. The first-order valence-corrected chi connectivity index (χ1v) is 9.11. The Morgan fingerprint density at radius 1 is 1.00 bits per heavy atom. The van der Waals surface area contributed by atoms with Gasteiger partial charge in [-0.25, -0.2) is 0 Å². The first-order chi connectivity index (χ1) is 13.1. The average molecular weight is 363 g/mol. The molecule has 7 heteroatoms. The van der Waals surface area contributed by atoms with Gasteiger partial charge in [0.1, 0.15) is 23.3 Å². The number of hydrogen-bond donors (Lipinski definition) is 0. The molecule has 138 valence electrons. The van der Waals surface area contributed by atoms with Crippen LogP contribution in [0.25, 0.3) is 11.0 Å². The smallest absolute Gasteiger partial charge is 0.246 e. The molecule has 2 saturated heterocycles. The molecule has 2 aliphatic heterocycles. The fourth-order valence-electron chi connectivity index (χ4n) is 4.07. The quantitative estimate of drug-likeness (QED) is 0.707. The maximum atomic E-state index is 12.5. The topological polar surface area (TPSA) is 63.5 Å². The number of hydrogen-bond acceptors (Lipinski definition) is 5. The van der Waals surface area contributed by atoms with Gasteiger partial charge in [-0.05, 0) is 36.4 Å². The van der Waals surface area contributed by atoms with Crippen molar-refractivity contribution in [2.24, 2.45) is 5.41 Å². The Hall–Kier alpha value is -3.09. The van der Waals surface area contributed by atoms with Crippen molar-refractivity contribution in [3.05, 3.63) is 48.5 Å². The molecule has 0 aliphatic carbocycles. The maximum Gasteiger partial charge on any atom is 0.246 e. The molecule has 1 spiro atoms. The van der Waals surface area contributed by atoms with Crippen molar-refractivity contribution in [2.75, 3.05) is 38.2 Å². The van der Waals surface area contributed by atoms with E-state index in [-0.39, 0.29) is 17.9 Å². The average Bonchev–Trinajstić information content (AvgIpc) is 3.02.